The maximum absolute atomic E-state index is 13.7. The number of aryl methyl sites for hydroxylation is 1. The molecule has 3 aromatic carbocycles. The van der Waals surface area contributed by atoms with E-state index in [1.54, 1.807) is 12.1 Å². The molecule has 0 radical (unpaired) electrons. The fourth-order valence-corrected chi connectivity index (χ4v) is 5.15. The van der Waals surface area contributed by atoms with E-state index in [0.29, 0.717) is 22.2 Å². The van der Waals surface area contributed by atoms with Gasteiger partial charge in [-0.3, -0.25) is 4.79 Å². The van der Waals surface area contributed by atoms with Gasteiger partial charge in [-0.15, -0.1) is 0 Å². The van der Waals surface area contributed by atoms with Crippen LogP contribution in [-0.2, 0) is 29.0 Å². The number of aliphatic hydroxyl groups excluding tert-OH is 1. The van der Waals surface area contributed by atoms with Crippen molar-refractivity contribution < 1.29 is 40.0 Å². The molecule has 212 valence electrons. The molecule has 4 rings (SSSR count). The minimum Gasteiger partial charge on any atom is -0.394 e. The van der Waals surface area contributed by atoms with E-state index >= 15 is 0 Å². The fraction of sp³-hybridized carbons (Fsp3) is 0.250. The van der Waals surface area contributed by atoms with Crippen LogP contribution in [0.2, 0.25) is 5.02 Å². The lowest BCUT2D eigenvalue weighted by Crippen LogP contribution is -2.30. The number of sulfone groups is 1. The molecule has 1 aromatic heterocycles. The standard InChI is InChI=1S/C28H25ClF4N2O4S/c1-40(38,39)23-7-3-17(4-8-23)25(16-36)34-27(37)19-5-9-26-20(12-19)14-22(35(26)11-10-30)13-18-2-6-21(29)15-24(18)28(31,32)33/h2-9,12,14-15,25,36H,10-11,13,16H2,1H3,(H,34,37)/t25-/m0/s1/i1D3. The van der Waals surface area contributed by atoms with Crippen LogP contribution in [-0.4, -0.2) is 43.5 Å². The van der Waals surface area contributed by atoms with Crippen molar-refractivity contribution in [1.29, 1.82) is 0 Å². The van der Waals surface area contributed by atoms with Crippen LogP contribution in [0.3, 0.4) is 0 Å². The molecule has 0 bridgehead atoms. The lowest BCUT2D eigenvalue weighted by Gasteiger charge is -2.17. The Morgan fingerprint density at radius 3 is 2.45 bits per heavy atom. The van der Waals surface area contributed by atoms with Crippen molar-refractivity contribution in [3.8, 4) is 0 Å². The molecule has 0 fully saturated rings. The number of hydrogen-bond donors (Lipinski definition) is 2. The number of alkyl halides is 4. The molecule has 1 heterocycles. The monoisotopic (exact) mass is 599 g/mol. The molecule has 0 spiro atoms. The van der Waals surface area contributed by atoms with Gasteiger partial charge in [-0.1, -0.05) is 29.8 Å². The quantitative estimate of drug-likeness (QED) is 0.240. The van der Waals surface area contributed by atoms with E-state index < -0.39 is 57.9 Å². The van der Waals surface area contributed by atoms with Crippen LogP contribution < -0.4 is 5.32 Å². The molecule has 1 amide bonds. The molecule has 4 aromatic rings. The van der Waals surface area contributed by atoms with E-state index in [1.165, 1.54) is 41.0 Å². The summed E-state index contributed by atoms with van der Waals surface area (Å²) in [6, 6.07) is 13.2. The second kappa shape index (κ2) is 11.6. The van der Waals surface area contributed by atoms with Gasteiger partial charge in [-0.25, -0.2) is 12.8 Å². The molecule has 12 heteroatoms. The topological polar surface area (TPSA) is 88.4 Å². The predicted molar refractivity (Wildman–Crippen MR) is 144 cm³/mol. The summed E-state index contributed by atoms with van der Waals surface area (Å²) in [6.45, 7) is -1.48. The minimum atomic E-state index is -4.66. The number of fused-ring (bicyclic) bond motifs is 1. The van der Waals surface area contributed by atoms with Crippen LogP contribution >= 0.6 is 11.6 Å². The van der Waals surface area contributed by atoms with Gasteiger partial charge in [0, 0.05) is 43.9 Å². The number of aliphatic hydroxyl groups is 1. The number of nitrogens with one attached hydrogen (secondary N) is 1. The predicted octanol–water partition coefficient (Wildman–Crippen LogP) is 5.74. The largest absolute Gasteiger partial charge is 0.416 e. The Morgan fingerprint density at radius 2 is 1.82 bits per heavy atom. The van der Waals surface area contributed by atoms with Gasteiger partial charge in [0.25, 0.3) is 5.91 Å². The summed E-state index contributed by atoms with van der Waals surface area (Å²) in [5, 5.41) is 12.9. The molecule has 0 saturated carbocycles. The van der Waals surface area contributed by atoms with Gasteiger partial charge in [-0.2, -0.15) is 13.2 Å². The van der Waals surface area contributed by atoms with Crippen LogP contribution in [0, 0.1) is 0 Å². The fourth-order valence-electron chi connectivity index (χ4n) is 4.48. The molecular weight excluding hydrogens is 572 g/mol. The second-order valence-electron chi connectivity index (χ2n) is 9.01. The highest BCUT2D eigenvalue weighted by atomic mass is 35.5. The number of nitrogens with zero attached hydrogens (tertiary/aromatic N) is 1. The van der Waals surface area contributed by atoms with Gasteiger partial charge in [0.15, 0.2) is 9.84 Å². The zero-order valence-corrected chi connectivity index (χ0v) is 22.2. The number of carbonyl (C=O) groups is 1. The van der Waals surface area contributed by atoms with Crippen molar-refractivity contribution in [2.45, 2.75) is 30.1 Å². The highest BCUT2D eigenvalue weighted by Crippen LogP contribution is 2.35. The summed E-state index contributed by atoms with van der Waals surface area (Å²) >= 11 is 5.79. The van der Waals surface area contributed by atoms with Crippen LogP contribution in [0.25, 0.3) is 10.9 Å². The number of carbonyl (C=O) groups excluding carboxylic acids is 1. The highest BCUT2D eigenvalue weighted by molar-refractivity contribution is 7.90. The molecule has 1 atom stereocenters. The molecule has 0 saturated heterocycles. The molecular formula is C28H25ClF4N2O4S. The van der Waals surface area contributed by atoms with E-state index in [0.717, 1.165) is 18.2 Å². The first-order chi connectivity index (χ1) is 20.1. The zero-order chi connectivity index (χ0) is 31.7. The number of benzene rings is 3. The smallest absolute Gasteiger partial charge is 0.394 e. The van der Waals surface area contributed by atoms with Crippen molar-refractivity contribution in [3.05, 3.63) is 99.7 Å². The summed E-state index contributed by atoms with van der Waals surface area (Å²) in [5.74, 6) is -0.628. The SMILES string of the molecule is [2H]C([2H])([2H])S(=O)(=O)c1ccc([C@H](CO)NC(=O)c2ccc3c(c2)cc(Cc2ccc(Cl)cc2C(F)(F)F)n3CCF)cc1. The average molecular weight is 600 g/mol. The van der Waals surface area contributed by atoms with E-state index in [4.69, 9.17) is 15.7 Å². The number of hydrogen-bond acceptors (Lipinski definition) is 4. The van der Waals surface area contributed by atoms with Crippen molar-refractivity contribution in [2.75, 3.05) is 19.5 Å². The van der Waals surface area contributed by atoms with E-state index in [2.05, 4.69) is 5.32 Å². The Morgan fingerprint density at radius 1 is 1.10 bits per heavy atom. The number of aromatic nitrogens is 1. The summed E-state index contributed by atoms with van der Waals surface area (Å²) in [4.78, 5) is 12.6. The number of amides is 1. The highest BCUT2D eigenvalue weighted by Gasteiger charge is 2.33. The first kappa shape index (κ1) is 25.6. The van der Waals surface area contributed by atoms with Crippen LogP contribution in [0.1, 0.15) is 42.9 Å². The maximum Gasteiger partial charge on any atom is 0.416 e. The molecule has 0 aliphatic rings. The summed E-state index contributed by atoms with van der Waals surface area (Å²) in [5.41, 5.74) is 0.368. The molecule has 6 nitrogen and oxygen atoms in total. The van der Waals surface area contributed by atoms with Crippen molar-refractivity contribution in [1.82, 2.24) is 9.88 Å². The second-order valence-corrected chi connectivity index (χ2v) is 10.9. The van der Waals surface area contributed by atoms with Gasteiger partial charge < -0.3 is 15.0 Å². The Hall–Kier alpha value is -3.41. The molecule has 0 aliphatic carbocycles. The Bertz CT molecular complexity index is 1760. The Kier molecular flexibility index (Phi) is 7.41. The van der Waals surface area contributed by atoms with Gasteiger partial charge in [0.1, 0.15) is 6.67 Å². The normalized spacial score (nSPS) is 14.4. The van der Waals surface area contributed by atoms with Crippen LogP contribution in [0.15, 0.2) is 71.6 Å². The molecule has 0 unspecified atom stereocenters. The lowest BCUT2D eigenvalue weighted by atomic mass is 10.0. The first-order valence-corrected chi connectivity index (χ1v) is 13.7. The van der Waals surface area contributed by atoms with E-state index in [-0.39, 0.29) is 29.1 Å². The molecule has 0 aliphatic heterocycles. The lowest BCUT2D eigenvalue weighted by molar-refractivity contribution is -0.138. The number of halogens is 5. The molecule has 40 heavy (non-hydrogen) atoms. The third kappa shape index (κ3) is 6.48. The third-order valence-corrected chi connectivity index (χ3v) is 7.51. The van der Waals surface area contributed by atoms with Gasteiger partial charge in [-0.05, 0) is 59.7 Å². The zero-order valence-electron chi connectivity index (χ0n) is 23.7. The van der Waals surface area contributed by atoms with Gasteiger partial charge in [0.05, 0.1) is 29.7 Å². The van der Waals surface area contributed by atoms with Crippen molar-refractivity contribution in [3.63, 3.8) is 0 Å². The van der Waals surface area contributed by atoms with Crippen molar-refractivity contribution >= 4 is 38.2 Å². The van der Waals surface area contributed by atoms with Gasteiger partial charge >= 0.3 is 6.18 Å². The van der Waals surface area contributed by atoms with Crippen molar-refractivity contribution in [2.24, 2.45) is 0 Å². The third-order valence-electron chi connectivity index (χ3n) is 6.39. The van der Waals surface area contributed by atoms with E-state index in [1.807, 2.05) is 0 Å². The number of rotatable bonds is 9. The molecule has 2 N–H and O–H groups in total. The Balaban J connectivity index is 1.61. The van der Waals surface area contributed by atoms with Crippen LogP contribution in [0.4, 0.5) is 17.6 Å². The minimum absolute atomic E-state index is 0.0544. The van der Waals surface area contributed by atoms with Gasteiger partial charge in [0.2, 0.25) is 0 Å². The van der Waals surface area contributed by atoms with E-state index in [9.17, 15) is 35.9 Å². The summed E-state index contributed by atoms with van der Waals surface area (Å²) < 4.78 is 102. The summed E-state index contributed by atoms with van der Waals surface area (Å²) in [6.07, 6.45) is -8.09. The van der Waals surface area contributed by atoms with Crippen LogP contribution in [0.5, 0.6) is 0 Å². The Labute approximate surface area is 237 Å². The maximum atomic E-state index is 13.7. The summed E-state index contributed by atoms with van der Waals surface area (Å²) in [7, 11) is -4.59. The first-order valence-electron chi connectivity index (χ1n) is 13.4. The average Bonchev–Trinajstić information content (AvgIpc) is 3.27.